The Morgan fingerprint density at radius 1 is 1.47 bits per heavy atom. The lowest BCUT2D eigenvalue weighted by Gasteiger charge is -2.06. The molecule has 0 fully saturated rings. The summed E-state index contributed by atoms with van der Waals surface area (Å²) in [4.78, 5) is 0.251. The minimum atomic E-state index is -3.27. The third kappa shape index (κ3) is 2.93. The van der Waals surface area contributed by atoms with Gasteiger partial charge in [-0.15, -0.1) is 0 Å². The summed E-state index contributed by atoms with van der Waals surface area (Å²) < 4.78 is 28.9. The van der Waals surface area contributed by atoms with Gasteiger partial charge in [0.15, 0.2) is 9.84 Å². The van der Waals surface area contributed by atoms with Gasteiger partial charge in [-0.1, -0.05) is 0 Å². The fourth-order valence-electron chi connectivity index (χ4n) is 1.11. The van der Waals surface area contributed by atoms with Crippen LogP contribution in [-0.2, 0) is 9.84 Å². The van der Waals surface area contributed by atoms with Gasteiger partial charge in [-0.3, -0.25) is 0 Å². The van der Waals surface area contributed by atoms with Crippen molar-refractivity contribution in [2.24, 2.45) is 5.73 Å². The molecule has 0 radical (unpaired) electrons. The minimum absolute atomic E-state index is 0.0498. The fraction of sp³-hybridized carbons (Fsp3) is 0.333. The monoisotopic (exact) mass is 293 g/mol. The summed E-state index contributed by atoms with van der Waals surface area (Å²) in [6.45, 7) is 0.117. The van der Waals surface area contributed by atoms with Gasteiger partial charge in [-0.25, -0.2) is 8.42 Å². The van der Waals surface area contributed by atoms with E-state index in [1.165, 1.54) is 19.2 Å². The van der Waals surface area contributed by atoms with Crippen LogP contribution in [0.2, 0.25) is 0 Å². The first-order valence-corrected chi connectivity index (χ1v) is 6.72. The number of ether oxygens (including phenoxy) is 1. The van der Waals surface area contributed by atoms with Gasteiger partial charge in [-0.05, 0) is 34.1 Å². The highest BCUT2D eigenvalue weighted by Gasteiger charge is 2.14. The summed E-state index contributed by atoms with van der Waals surface area (Å²) >= 11 is 3.23. The van der Waals surface area contributed by atoms with Crippen LogP contribution in [0.15, 0.2) is 27.6 Å². The van der Waals surface area contributed by atoms with Gasteiger partial charge >= 0.3 is 0 Å². The van der Waals surface area contributed by atoms with Crippen molar-refractivity contribution in [1.82, 2.24) is 0 Å². The molecule has 0 spiro atoms. The third-order valence-electron chi connectivity index (χ3n) is 1.87. The van der Waals surface area contributed by atoms with E-state index in [1.807, 2.05) is 0 Å². The number of rotatable bonds is 4. The molecule has 0 atom stereocenters. The quantitative estimate of drug-likeness (QED) is 0.905. The number of benzene rings is 1. The van der Waals surface area contributed by atoms with Crippen LogP contribution in [0.1, 0.15) is 0 Å². The van der Waals surface area contributed by atoms with Crippen LogP contribution in [-0.4, -0.2) is 27.8 Å². The molecule has 1 rings (SSSR count). The van der Waals surface area contributed by atoms with Crippen molar-refractivity contribution in [2.45, 2.75) is 4.90 Å². The Balaban J connectivity index is 3.13. The molecule has 6 heteroatoms. The predicted molar refractivity (Wildman–Crippen MR) is 61.8 cm³/mol. The number of halogens is 1. The number of nitrogens with two attached hydrogens (primary N) is 1. The first-order chi connectivity index (χ1) is 7.01. The highest BCUT2D eigenvalue weighted by molar-refractivity contribution is 9.10. The standard InChI is InChI=1S/C9H12BrNO3S/c1-14-9-3-2-7(6-8(9)10)15(12,13)5-4-11/h2-3,6H,4-5,11H2,1H3. The molecule has 0 unspecified atom stereocenters. The molecular weight excluding hydrogens is 282 g/mol. The van der Waals surface area contributed by atoms with Crippen LogP contribution < -0.4 is 10.5 Å². The minimum Gasteiger partial charge on any atom is -0.496 e. The van der Waals surface area contributed by atoms with Crippen LogP contribution in [0, 0.1) is 0 Å². The molecule has 84 valence electrons. The summed E-state index contributed by atoms with van der Waals surface area (Å²) in [5.74, 6) is 0.549. The zero-order chi connectivity index (χ0) is 11.5. The largest absolute Gasteiger partial charge is 0.496 e. The van der Waals surface area contributed by atoms with Gasteiger partial charge in [0.05, 0.1) is 22.2 Å². The molecule has 0 bridgehead atoms. The molecule has 0 aromatic heterocycles. The van der Waals surface area contributed by atoms with Crippen molar-refractivity contribution in [1.29, 1.82) is 0 Å². The maximum Gasteiger partial charge on any atom is 0.179 e. The van der Waals surface area contributed by atoms with Gasteiger partial charge < -0.3 is 10.5 Å². The molecule has 0 aliphatic heterocycles. The van der Waals surface area contributed by atoms with Crippen molar-refractivity contribution < 1.29 is 13.2 Å². The van der Waals surface area contributed by atoms with Crippen LogP contribution in [0.3, 0.4) is 0 Å². The zero-order valence-electron chi connectivity index (χ0n) is 8.23. The molecule has 2 N–H and O–H groups in total. The molecule has 0 aliphatic carbocycles. The maximum atomic E-state index is 11.6. The average molecular weight is 294 g/mol. The van der Waals surface area contributed by atoms with E-state index in [0.717, 1.165) is 0 Å². The first kappa shape index (κ1) is 12.5. The molecule has 0 amide bonds. The third-order valence-corrected chi connectivity index (χ3v) is 4.23. The lowest BCUT2D eigenvalue weighted by atomic mass is 10.3. The Hall–Kier alpha value is -0.590. The maximum absolute atomic E-state index is 11.6. The molecule has 0 heterocycles. The first-order valence-electron chi connectivity index (χ1n) is 4.27. The van der Waals surface area contributed by atoms with E-state index in [4.69, 9.17) is 10.5 Å². The molecule has 0 aliphatic rings. The van der Waals surface area contributed by atoms with Gasteiger partial charge in [0.1, 0.15) is 5.75 Å². The van der Waals surface area contributed by atoms with Crippen LogP contribution in [0.4, 0.5) is 0 Å². The smallest absolute Gasteiger partial charge is 0.179 e. The second-order valence-electron chi connectivity index (χ2n) is 2.90. The molecule has 1 aromatic rings. The topological polar surface area (TPSA) is 69.4 Å². The Morgan fingerprint density at radius 2 is 2.13 bits per heavy atom. The summed E-state index contributed by atoms with van der Waals surface area (Å²) in [6, 6.07) is 4.63. The van der Waals surface area contributed by atoms with E-state index >= 15 is 0 Å². The molecule has 4 nitrogen and oxygen atoms in total. The van der Waals surface area contributed by atoms with Crippen molar-refractivity contribution in [2.75, 3.05) is 19.4 Å². The second kappa shape index (κ2) is 4.96. The van der Waals surface area contributed by atoms with Crippen LogP contribution in [0.25, 0.3) is 0 Å². The lowest BCUT2D eigenvalue weighted by molar-refractivity contribution is 0.411. The number of hydrogen-bond acceptors (Lipinski definition) is 4. The van der Waals surface area contributed by atoms with E-state index < -0.39 is 9.84 Å². The summed E-state index contributed by atoms with van der Waals surface area (Å²) in [7, 11) is -1.75. The van der Waals surface area contributed by atoms with Gasteiger partial charge in [0.25, 0.3) is 0 Å². The molecule has 0 saturated heterocycles. The van der Waals surface area contributed by atoms with Crippen molar-refractivity contribution in [3.63, 3.8) is 0 Å². The number of methoxy groups -OCH3 is 1. The van der Waals surface area contributed by atoms with E-state index in [9.17, 15) is 8.42 Å². The Bertz CT molecular complexity index is 445. The Kier molecular flexibility index (Phi) is 4.12. The van der Waals surface area contributed by atoms with E-state index in [0.29, 0.717) is 10.2 Å². The van der Waals surface area contributed by atoms with Crippen LogP contribution >= 0.6 is 15.9 Å². The van der Waals surface area contributed by atoms with Gasteiger partial charge in [-0.2, -0.15) is 0 Å². The van der Waals surface area contributed by atoms with E-state index in [2.05, 4.69) is 15.9 Å². The second-order valence-corrected chi connectivity index (χ2v) is 5.87. The average Bonchev–Trinajstić information content (AvgIpc) is 2.17. The highest BCUT2D eigenvalue weighted by Crippen LogP contribution is 2.27. The predicted octanol–water partition coefficient (Wildman–Crippen LogP) is 1.19. The molecule has 1 aromatic carbocycles. The molecule has 15 heavy (non-hydrogen) atoms. The Morgan fingerprint density at radius 3 is 2.60 bits per heavy atom. The van der Waals surface area contributed by atoms with Crippen LogP contribution in [0.5, 0.6) is 5.75 Å². The van der Waals surface area contributed by atoms with Crippen molar-refractivity contribution >= 4 is 25.8 Å². The zero-order valence-corrected chi connectivity index (χ0v) is 10.6. The van der Waals surface area contributed by atoms with Crippen molar-refractivity contribution in [3.8, 4) is 5.75 Å². The normalized spacial score (nSPS) is 11.4. The molecule has 0 saturated carbocycles. The van der Waals surface area contributed by atoms with Crippen molar-refractivity contribution in [3.05, 3.63) is 22.7 Å². The summed E-state index contributed by atoms with van der Waals surface area (Å²) in [5, 5.41) is 0. The van der Waals surface area contributed by atoms with E-state index in [1.54, 1.807) is 6.07 Å². The highest BCUT2D eigenvalue weighted by atomic mass is 79.9. The van der Waals surface area contributed by atoms with Gasteiger partial charge in [0, 0.05) is 6.54 Å². The SMILES string of the molecule is COc1ccc(S(=O)(=O)CCN)cc1Br. The number of sulfone groups is 1. The summed E-state index contributed by atoms with van der Waals surface area (Å²) in [5.41, 5.74) is 5.23. The lowest BCUT2D eigenvalue weighted by Crippen LogP contribution is -2.15. The number of hydrogen-bond donors (Lipinski definition) is 1. The van der Waals surface area contributed by atoms with Gasteiger partial charge in [0.2, 0.25) is 0 Å². The summed E-state index contributed by atoms with van der Waals surface area (Å²) in [6.07, 6.45) is 0. The van der Waals surface area contributed by atoms with E-state index in [-0.39, 0.29) is 17.2 Å². The fourth-order valence-corrected chi connectivity index (χ4v) is 2.92. The Labute approximate surface area is 97.5 Å². The molecular formula is C9H12BrNO3S.